The first-order valence-corrected chi connectivity index (χ1v) is 12.7. The van der Waals surface area contributed by atoms with Crippen LogP contribution in [0.4, 0.5) is 5.69 Å². The van der Waals surface area contributed by atoms with Crippen LogP contribution in [0.5, 0.6) is 0 Å². The van der Waals surface area contributed by atoms with Gasteiger partial charge in [0, 0.05) is 30.6 Å². The summed E-state index contributed by atoms with van der Waals surface area (Å²) in [5.74, 6) is -0.670. The number of aryl methyl sites for hydroxylation is 2. The van der Waals surface area contributed by atoms with E-state index >= 15 is 0 Å². The largest absolute Gasteiger partial charge is 0.423 e. The van der Waals surface area contributed by atoms with E-state index in [1.165, 1.54) is 25.1 Å². The third kappa shape index (κ3) is 7.24. The number of sulfonamides is 1. The van der Waals surface area contributed by atoms with Gasteiger partial charge in [-0.25, -0.2) is 13.2 Å². The van der Waals surface area contributed by atoms with Crippen LogP contribution in [-0.4, -0.2) is 32.8 Å². The van der Waals surface area contributed by atoms with Gasteiger partial charge in [0.25, 0.3) is 0 Å². The van der Waals surface area contributed by atoms with Crippen LogP contribution in [0.2, 0.25) is 0 Å². The van der Waals surface area contributed by atoms with Gasteiger partial charge < -0.3 is 15.1 Å². The van der Waals surface area contributed by atoms with Crippen LogP contribution in [0.3, 0.4) is 0 Å². The fourth-order valence-electron chi connectivity index (χ4n) is 3.58. The summed E-state index contributed by atoms with van der Waals surface area (Å²) >= 11 is 0. The standard InChI is InChI=1S/C25H29N3O6S/c1-16-7-10-20(11-8-16)35(32,33)28-22(6-4-5-13-26-18(3)29)25(31)27-19-9-12-23-21(15-19)17(2)14-24(30)34-23/h7-12,14-15,22,28H,4-6,13H2,1-3H3,(H,26,29)(H,27,31). The number of anilines is 1. The molecular formula is C25H29N3O6S. The molecule has 10 heteroatoms. The molecule has 9 nitrogen and oxygen atoms in total. The van der Waals surface area contributed by atoms with E-state index in [2.05, 4.69) is 15.4 Å². The lowest BCUT2D eigenvalue weighted by Gasteiger charge is -2.19. The maximum Gasteiger partial charge on any atom is 0.336 e. The molecule has 1 heterocycles. The maximum absolute atomic E-state index is 13.1. The Morgan fingerprint density at radius 3 is 2.40 bits per heavy atom. The molecule has 0 aliphatic carbocycles. The first kappa shape index (κ1) is 26.1. The molecule has 186 valence electrons. The zero-order valence-electron chi connectivity index (χ0n) is 19.9. The van der Waals surface area contributed by atoms with Crippen molar-refractivity contribution in [1.82, 2.24) is 10.0 Å². The molecule has 0 saturated carbocycles. The Hall–Kier alpha value is -3.50. The van der Waals surface area contributed by atoms with E-state index in [1.807, 2.05) is 6.92 Å². The third-order valence-corrected chi connectivity index (χ3v) is 6.94. The van der Waals surface area contributed by atoms with Gasteiger partial charge in [0.2, 0.25) is 21.8 Å². The molecule has 3 aromatic rings. The Morgan fingerprint density at radius 1 is 1.00 bits per heavy atom. The van der Waals surface area contributed by atoms with Crippen molar-refractivity contribution in [3.8, 4) is 0 Å². The van der Waals surface area contributed by atoms with E-state index in [4.69, 9.17) is 4.42 Å². The van der Waals surface area contributed by atoms with E-state index in [0.717, 1.165) is 5.56 Å². The lowest BCUT2D eigenvalue weighted by Crippen LogP contribution is -2.43. The summed E-state index contributed by atoms with van der Waals surface area (Å²) in [5, 5.41) is 6.11. The van der Waals surface area contributed by atoms with Crippen molar-refractivity contribution < 1.29 is 22.4 Å². The smallest absolute Gasteiger partial charge is 0.336 e. The summed E-state index contributed by atoms with van der Waals surface area (Å²) in [5.41, 5.74) is 1.98. The number of carbonyl (C=O) groups excluding carboxylic acids is 2. The van der Waals surface area contributed by atoms with Gasteiger partial charge in [-0.2, -0.15) is 4.72 Å². The van der Waals surface area contributed by atoms with Crippen LogP contribution in [-0.2, 0) is 19.6 Å². The topological polar surface area (TPSA) is 135 Å². The minimum absolute atomic E-state index is 0.0653. The second kappa shape index (κ2) is 11.3. The predicted molar refractivity (Wildman–Crippen MR) is 134 cm³/mol. The highest BCUT2D eigenvalue weighted by atomic mass is 32.2. The molecular weight excluding hydrogens is 470 g/mol. The van der Waals surface area contributed by atoms with Crippen molar-refractivity contribution >= 4 is 38.5 Å². The van der Waals surface area contributed by atoms with Crippen molar-refractivity contribution in [3.63, 3.8) is 0 Å². The highest BCUT2D eigenvalue weighted by Gasteiger charge is 2.26. The molecule has 35 heavy (non-hydrogen) atoms. The molecule has 1 atom stereocenters. The molecule has 0 spiro atoms. The summed E-state index contributed by atoms with van der Waals surface area (Å²) in [6.45, 7) is 5.47. The lowest BCUT2D eigenvalue weighted by atomic mass is 10.1. The number of unbranched alkanes of at least 4 members (excludes halogenated alkanes) is 1. The average Bonchev–Trinajstić information content (AvgIpc) is 2.78. The van der Waals surface area contributed by atoms with Crippen LogP contribution >= 0.6 is 0 Å². The molecule has 0 radical (unpaired) electrons. The highest BCUT2D eigenvalue weighted by Crippen LogP contribution is 2.22. The van der Waals surface area contributed by atoms with Crippen molar-refractivity contribution in [2.45, 2.75) is 51.0 Å². The number of hydrogen-bond acceptors (Lipinski definition) is 6. The average molecular weight is 500 g/mol. The summed E-state index contributed by atoms with van der Waals surface area (Å²) in [4.78, 5) is 35.9. The molecule has 0 aliphatic heterocycles. The second-order valence-electron chi connectivity index (χ2n) is 8.41. The van der Waals surface area contributed by atoms with E-state index in [1.54, 1.807) is 37.3 Å². The van der Waals surface area contributed by atoms with Gasteiger partial charge in [0.15, 0.2) is 0 Å². The molecule has 0 fully saturated rings. The number of hydrogen-bond donors (Lipinski definition) is 3. The summed E-state index contributed by atoms with van der Waals surface area (Å²) < 4.78 is 33.6. The van der Waals surface area contributed by atoms with Gasteiger partial charge >= 0.3 is 5.63 Å². The van der Waals surface area contributed by atoms with Crippen LogP contribution in [0.1, 0.15) is 37.3 Å². The molecule has 3 rings (SSSR count). The van der Waals surface area contributed by atoms with Crippen LogP contribution in [0.15, 0.2) is 62.6 Å². The molecule has 3 N–H and O–H groups in total. The van der Waals surface area contributed by atoms with E-state index in [9.17, 15) is 22.8 Å². The quantitative estimate of drug-likeness (QED) is 0.290. The highest BCUT2D eigenvalue weighted by molar-refractivity contribution is 7.89. The number of amides is 2. The second-order valence-corrected chi connectivity index (χ2v) is 10.1. The Kier molecular flexibility index (Phi) is 8.42. The van der Waals surface area contributed by atoms with Crippen molar-refractivity contribution in [1.29, 1.82) is 0 Å². The predicted octanol–water partition coefficient (Wildman–Crippen LogP) is 3.00. The third-order valence-electron chi connectivity index (χ3n) is 5.46. The summed E-state index contributed by atoms with van der Waals surface area (Å²) in [6.07, 6.45) is 1.33. The van der Waals surface area contributed by atoms with Crippen molar-refractivity contribution in [3.05, 3.63) is 70.1 Å². The maximum atomic E-state index is 13.1. The van der Waals surface area contributed by atoms with E-state index in [-0.39, 0.29) is 17.2 Å². The van der Waals surface area contributed by atoms with Gasteiger partial charge in [0.1, 0.15) is 11.6 Å². The molecule has 0 aliphatic rings. The van der Waals surface area contributed by atoms with E-state index in [0.29, 0.717) is 41.6 Å². The minimum Gasteiger partial charge on any atom is -0.423 e. The lowest BCUT2D eigenvalue weighted by molar-refractivity contribution is -0.119. The Balaban J connectivity index is 1.79. The molecule has 2 amide bonds. The first-order valence-electron chi connectivity index (χ1n) is 11.2. The number of fused-ring (bicyclic) bond motifs is 1. The number of carbonyl (C=O) groups is 2. The Bertz CT molecular complexity index is 1380. The number of rotatable bonds is 10. The van der Waals surface area contributed by atoms with Gasteiger partial charge in [-0.3, -0.25) is 9.59 Å². The van der Waals surface area contributed by atoms with Crippen molar-refractivity contribution in [2.24, 2.45) is 0 Å². The van der Waals surface area contributed by atoms with E-state index < -0.39 is 27.6 Å². The number of nitrogens with one attached hydrogen (secondary N) is 3. The SMILES string of the molecule is CC(=O)NCCCCC(NS(=O)(=O)c1ccc(C)cc1)C(=O)Nc1ccc2oc(=O)cc(C)c2c1. The summed E-state index contributed by atoms with van der Waals surface area (Å²) in [6, 6.07) is 11.5. The molecule has 2 aromatic carbocycles. The number of benzene rings is 2. The Morgan fingerprint density at radius 2 is 1.71 bits per heavy atom. The molecule has 1 unspecified atom stereocenters. The molecule has 0 bridgehead atoms. The minimum atomic E-state index is -3.95. The fraction of sp³-hybridized carbons (Fsp3) is 0.320. The van der Waals surface area contributed by atoms with Gasteiger partial charge in [0.05, 0.1) is 4.90 Å². The monoisotopic (exact) mass is 499 g/mol. The van der Waals surface area contributed by atoms with Gasteiger partial charge in [-0.05, 0) is 69.0 Å². The fourth-order valence-corrected chi connectivity index (χ4v) is 4.81. The van der Waals surface area contributed by atoms with Crippen LogP contribution in [0.25, 0.3) is 11.0 Å². The van der Waals surface area contributed by atoms with Gasteiger partial charge in [-0.15, -0.1) is 0 Å². The van der Waals surface area contributed by atoms with Crippen LogP contribution < -0.4 is 21.0 Å². The zero-order chi connectivity index (χ0) is 25.6. The molecule has 0 saturated heterocycles. The summed E-state index contributed by atoms with van der Waals surface area (Å²) in [7, 11) is -3.95. The normalized spacial score (nSPS) is 12.3. The Labute approximate surface area is 204 Å². The van der Waals surface area contributed by atoms with Gasteiger partial charge in [-0.1, -0.05) is 17.7 Å². The molecule has 1 aromatic heterocycles. The zero-order valence-corrected chi connectivity index (χ0v) is 20.7. The van der Waals surface area contributed by atoms with Crippen molar-refractivity contribution in [2.75, 3.05) is 11.9 Å². The first-order chi connectivity index (χ1) is 16.5. The van der Waals surface area contributed by atoms with Crippen LogP contribution in [0, 0.1) is 13.8 Å².